The molecule has 1 atom stereocenters. The monoisotopic (exact) mass is 447 g/mol. The minimum absolute atomic E-state index is 0.0121. The van der Waals surface area contributed by atoms with Crippen LogP contribution in [0.1, 0.15) is 24.2 Å². The van der Waals surface area contributed by atoms with Crippen LogP contribution in [0.2, 0.25) is 0 Å². The van der Waals surface area contributed by atoms with E-state index in [0.717, 1.165) is 11.8 Å². The minimum atomic E-state index is -2.91. The Morgan fingerprint density at radius 1 is 1.10 bits per heavy atom. The number of aromatic nitrogens is 3. The summed E-state index contributed by atoms with van der Waals surface area (Å²) in [5, 5.41) is 10.5. The Kier molecular flexibility index (Phi) is 6.85. The SMILES string of the molecule is CC(=O)c1ccc(NC(=O)[C@H](C)Sc2nnc(-c3ccc(OC(F)F)cc3)n2N)cc1. The zero-order valence-electron chi connectivity index (χ0n) is 16.6. The lowest BCUT2D eigenvalue weighted by molar-refractivity contribution is -0.115. The van der Waals surface area contributed by atoms with E-state index in [4.69, 9.17) is 5.84 Å². The molecular weight excluding hydrogens is 428 g/mol. The Morgan fingerprint density at radius 3 is 2.32 bits per heavy atom. The second-order valence-electron chi connectivity index (χ2n) is 6.46. The lowest BCUT2D eigenvalue weighted by Gasteiger charge is -2.12. The van der Waals surface area contributed by atoms with Gasteiger partial charge in [-0.25, -0.2) is 4.68 Å². The number of thioether (sulfide) groups is 1. The molecule has 31 heavy (non-hydrogen) atoms. The molecule has 3 aromatic rings. The number of benzene rings is 2. The maximum atomic E-state index is 12.5. The molecule has 0 aliphatic carbocycles. The minimum Gasteiger partial charge on any atom is -0.435 e. The number of nitrogens with zero attached hydrogens (tertiary/aromatic N) is 3. The molecule has 1 aromatic heterocycles. The number of anilines is 1. The maximum absolute atomic E-state index is 12.5. The molecule has 0 aliphatic rings. The van der Waals surface area contributed by atoms with E-state index in [1.54, 1.807) is 31.2 Å². The van der Waals surface area contributed by atoms with Gasteiger partial charge in [0.05, 0.1) is 5.25 Å². The molecule has 0 spiro atoms. The van der Waals surface area contributed by atoms with Crippen molar-refractivity contribution in [2.75, 3.05) is 11.2 Å². The maximum Gasteiger partial charge on any atom is 0.387 e. The van der Waals surface area contributed by atoms with Gasteiger partial charge >= 0.3 is 6.61 Å². The number of halogens is 2. The first-order valence-electron chi connectivity index (χ1n) is 9.09. The number of rotatable bonds is 8. The van der Waals surface area contributed by atoms with Crippen LogP contribution in [0, 0.1) is 0 Å². The Hall–Kier alpha value is -3.47. The molecule has 3 rings (SSSR count). The van der Waals surface area contributed by atoms with Gasteiger partial charge in [-0.15, -0.1) is 10.2 Å². The number of ketones is 1. The Balaban J connectivity index is 1.65. The molecule has 0 aliphatic heterocycles. The third-order valence-electron chi connectivity index (χ3n) is 4.21. The number of ether oxygens (including phenoxy) is 1. The molecule has 8 nitrogen and oxygen atoms in total. The fraction of sp³-hybridized carbons (Fsp3) is 0.200. The van der Waals surface area contributed by atoms with Gasteiger partial charge in [0.25, 0.3) is 0 Å². The average molecular weight is 447 g/mol. The topological polar surface area (TPSA) is 112 Å². The number of nitrogens with one attached hydrogen (secondary N) is 1. The highest BCUT2D eigenvalue weighted by Gasteiger charge is 2.20. The van der Waals surface area contributed by atoms with Gasteiger partial charge in [0.1, 0.15) is 5.75 Å². The summed E-state index contributed by atoms with van der Waals surface area (Å²) >= 11 is 1.11. The highest BCUT2D eigenvalue weighted by molar-refractivity contribution is 8.00. The van der Waals surface area contributed by atoms with Crippen molar-refractivity contribution >= 4 is 29.1 Å². The first-order valence-corrected chi connectivity index (χ1v) is 9.97. The van der Waals surface area contributed by atoms with E-state index >= 15 is 0 Å². The van der Waals surface area contributed by atoms with Crippen LogP contribution in [0.3, 0.4) is 0 Å². The fourth-order valence-corrected chi connectivity index (χ4v) is 3.35. The molecule has 1 heterocycles. The number of amides is 1. The number of Topliss-reactive ketones (excluding diaryl/α,β-unsaturated/α-hetero) is 1. The van der Waals surface area contributed by atoms with E-state index in [1.165, 1.54) is 35.9 Å². The molecule has 0 fully saturated rings. The summed E-state index contributed by atoms with van der Waals surface area (Å²) in [7, 11) is 0. The molecule has 162 valence electrons. The summed E-state index contributed by atoms with van der Waals surface area (Å²) in [6.45, 7) is 0.246. The van der Waals surface area contributed by atoms with E-state index in [9.17, 15) is 18.4 Å². The predicted octanol–water partition coefficient (Wildman–Crippen LogP) is 3.58. The van der Waals surface area contributed by atoms with Crippen LogP contribution in [0.4, 0.5) is 14.5 Å². The Bertz CT molecular complexity index is 1070. The number of hydrogen-bond acceptors (Lipinski definition) is 7. The molecule has 11 heteroatoms. The number of nitrogen functional groups attached to an aromatic ring is 1. The van der Waals surface area contributed by atoms with Crippen molar-refractivity contribution in [3.8, 4) is 17.1 Å². The number of carbonyl (C=O) groups excluding carboxylic acids is 2. The van der Waals surface area contributed by atoms with E-state index < -0.39 is 11.9 Å². The van der Waals surface area contributed by atoms with Crippen molar-refractivity contribution in [2.24, 2.45) is 0 Å². The normalized spacial score (nSPS) is 11.9. The van der Waals surface area contributed by atoms with Crippen molar-refractivity contribution in [3.63, 3.8) is 0 Å². The molecule has 0 unspecified atom stereocenters. The van der Waals surface area contributed by atoms with Crippen molar-refractivity contribution < 1.29 is 23.1 Å². The summed E-state index contributed by atoms with van der Waals surface area (Å²) in [5.41, 5.74) is 1.66. The summed E-state index contributed by atoms with van der Waals surface area (Å²) in [6.07, 6.45) is 0. The van der Waals surface area contributed by atoms with Gasteiger partial charge in [-0.2, -0.15) is 8.78 Å². The summed E-state index contributed by atoms with van der Waals surface area (Å²) in [4.78, 5) is 23.8. The largest absolute Gasteiger partial charge is 0.435 e. The number of nitrogens with two attached hydrogens (primary N) is 1. The first kappa shape index (κ1) is 22.2. The van der Waals surface area contributed by atoms with Gasteiger partial charge < -0.3 is 15.9 Å². The van der Waals surface area contributed by atoms with Gasteiger partial charge in [0, 0.05) is 16.8 Å². The smallest absolute Gasteiger partial charge is 0.387 e. The van der Waals surface area contributed by atoms with Crippen LogP contribution in [-0.2, 0) is 4.79 Å². The average Bonchev–Trinajstić information content (AvgIpc) is 3.08. The van der Waals surface area contributed by atoms with E-state index in [2.05, 4.69) is 20.3 Å². The van der Waals surface area contributed by atoms with Crippen molar-refractivity contribution in [3.05, 3.63) is 54.1 Å². The molecule has 2 aromatic carbocycles. The Labute approximate surface area is 180 Å². The van der Waals surface area contributed by atoms with Gasteiger partial charge in [-0.05, 0) is 62.4 Å². The number of hydrogen-bond donors (Lipinski definition) is 2. The highest BCUT2D eigenvalue weighted by Crippen LogP contribution is 2.27. The predicted molar refractivity (Wildman–Crippen MR) is 113 cm³/mol. The van der Waals surface area contributed by atoms with Gasteiger partial charge in [-0.3, -0.25) is 9.59 Å². The molecule has 0 radical (unpaired) electrons. The summed E-state index contributed by atoms with van der Waals surface area (Å²) < 4.78 is 30.1. The fourth-order valence-electron chi connectivity index (χ4n) is 2.58. The zero-order chi connectivity index (χ0) is 22.5. The van der Waals surface area contributed by atoms with E-state index in [0.29, 0.717) is 27.8 Å². The molecule has 1 amide bonds. The number of carbonyl (C=O) groups is 2. The van der Waals surface area contributed by atoms with Crippen LogP contribution < -0.4 is 15.9 Å². The zero-order valence-corrected chi connectivity index (χ0v) is 17.4. The second kappa shape index (κ2) is 9.56. The van der Waals surface area contributed by atoms with E-state index in [1.807, 2.05) is 0 Å². The number of alkyl halides is 2. The molecule has 0 bridgehead atoms. The Morgan fingerprint density at radius 2 is 1.74 bits per heavy atom. The first-order chi connectivity index (χ1) is 14.7. The van der Waals surface area contributed by atoms with Crippen molar-refractivity contribution in [1.82, 2.24) is 14.9 Å². The summed E-state index contributed by atoms with van der Waals surface area (Å²) in [6, 6.07) is 12.4. The quantitative estimate of drug-likeness (QED) is 0.308. The molecule has 0 saturated heterocycles. The lowest BCUT2D eigenvalue weighted by atomic mass is 10.1. The van der Waals surface area contributed by atoms with Gasteiger partial charge in [0.15, 0.2) is 11.6 Å². The van der Waals surface area contributed by atoms with E-state index in [-0.39, 0.29) is 17.4 Å². The lowest BCUT2D eigenvalue weighted by Crippen LogP contribution is -2.23. The highest BCUT2D eigenvalue weighted by atomic mass is 32.2. The third kappa shape index (κ3) is 5.57. The van der Waals surface area contributed by atoms with Crippen molar-refractivity contribution in [1.29, 1.82) is 0 Å². The third-order valence-corrected chi connectivity index (χ3v) is 5.27. The molecular formula is C20H19F2N5O3S. The van der Waals surface area contributed by atoms with Crippen LogP contribution >= 0.6 is 11.8 Å². The van der Waals surface area contributed by atoms with Crippen LogP contribution in [-0.4, -0.2) is 38.4 Å². The molecule has 0 saturated carbocycles. The molecule has 3 N–H and O–H groups in total. The van der Waals surface area contributed by atoms with Crippen LogP contribution in [0.15, 0.2) is 53.7 Å². The second-order valence-corrected chi connectivity index (χ2v) is 7.77. The van der Waals surface area contributed by atoms with Crippen LogP contribution in [0.5, 0.6) is 5.75 Å². The summed E-state index contributed by atoms with van der Waals surface area (Å²) in [5.74, 6) is 6.03. The van der Waals surface area contributed by atoms with Gasteiger partial charge in [0.2, 0.25) is 11.1 Å². The van der Waals surface area contributed by atoms with Gasteiger partial charge in [-0.1, -0.05) is 11.8 Å². The van der Waals surface area contributed by atoms with Crippen molar-refractivity contribution in [2.45, 2.75) is 30.9 Å². The standard InChI is InChI=1S/C20H19F2N5O3S/c1-11(28)13-3-7-15(8-4-13)24-18(29)12(2)31-20-26-25-17(27(20)23)14-5-9-16(10-6-14)30-19(21)22/h3-10,12,19H,23H2,1-2H3,(H,24,29)/t12-/m0/s1. The van der Waals surface area contributed by atoms with Crippen LogP contribution in [0.25, 0.3) is 11.4 Å².